The molecule has 8 nitrogen and oxygen atoms in total. The number of hydrogen-bond donors (Lipinski definition) is 2. The molecule has 2 fully saturated rings. The monoisotopic (exact) mass is 540 g/mol. The number of hydrogen-bond acceptors (Lipinski definition) is 7. The third kappa shape index (κ3) is 5.98. The zero-order valence-corrected chi connectivity index (χ0v) is 24.1. The topological polar surface area (TPSA) is 114 Å². The van der Waals surface area contributed by atoms with Gasteiger partial charge in [0.25, 0.3) is 0 Å². The van der Waals surface area contributed by atoms with Crippen molar-refractivity contribution < 1.29 is 29.3 Å². The zero-order chi connectivity index (χ0) is 28.7. The van der Waals surface area contributed by atoms with Gasteiger partial charge in [-0.2, -0.15) is 0 Å². The fourth-order valence-electron chi connectivity index (χ4n) is 5.98. The molecule has 0 amide bonds. The van der Waals surface area contributed by atoms with Crippen LogP contribution in [0.5, 0.6) is 0 Å². The first-order valence-electron chi connectivity index (χ1n) is 14.1. The van der Waals surface area contributed by atoms with Gasteiger partial charge in [0.1, 0.15) is 17.7 Å². The van der Waals surface area contributed by atoms with Crippen LogP contribution in [0.25, 0.3) is 11.0 Å². The number of aliphatic hydroxyl groups excluding tert-OH is 2. The molecule has 2 N–H and O–H groups in total. The Morgan fingerprint density at radius 3 is 2.64 bits per heavy atom. The van der Waals surface area contributed by atoms with Crippen molar-refractivity contribution in [2.75, 3.05) is 0 Å². The maximum Gasteiger partial charge on any atom is 0.309 e. The van der Waals surface area contributed by atoms with E-state index in [2.05, 4.69) is 18.5 Å². The number of rotatable bonds is 3. The number of benzene rings is 1. The summed E-state index contributed by atoms with van der Waals surface area (Å²) >= 11 is 0. The molecule has 0 saturated carbocycles. The lowest BCUT2D eigenvalue weighted by Crippen LogP contribution is -2.46. The van der Waals surface area contributed by atoms with E-state index in [9.17, 15) is 19.8 Å². The van der Waals surface area contributed by atoms with Crippen molar-refractivity contribution in [2.24, 2.45) is 24.3 Å². The van der Waals surface area contributed by atoms with Crippen LogP contribution in [0.15, 0.2) is 30.9 Å². The van der Waals surface area contributed by atoms with Crippen LogP contribution in [0.3, 0.4) is 0 Å². The zero-order valence-electron chi connectivity index (χ0n) is 24.1. The number of carbonyl (C=O) groups is 2. The molecule has 2 aromatic rings. The number of aliphatic hydroxyl groups is 2. The number of imidazole rings is 1. The minimum atomic E-state index is -1.27. The summed E-state index contributed by atoms with van der Waals surface area (Å²) < 4.78 is 14.1. The highest BCUT2D eigenvalue weighted by atomic mass is 16.6. The van der Waals surface area contributed by atoms with E-state index in [1.54, 1.807) is 19.9 Å². The lowest BCUT2D eigenvalue weighted by atomic mass is 9.71. The molecule has 7 atom stereocenters. The van der Waals surface area contributed by atoms with Crippen LogP contribution >= 0.6 is 0 Å². The lowest BCUT2D eigenvalue weighted by Gasteiger charge is -2.35. The Labute approximate surface area is 231 Å². The van der Waals surface area contributed by atoms with Gasteiger partial charge in [0, 0.05) is 19.4 Å². The van der Waals surface area contributed by atoms with Crippen molar-refractivity contribution in [2.45, 2.75) is 103 Å². The van der Waals surface area contributed by atoms with Gasteiger partial charge in [0.05, 0.1) is 46.8 Å². The maximum atomic E-state index is 13.6. The molecule has 0 radical (unpaired) electrons. The molecule has 2 aliphatic heterocycles. The second-order valence-electron chi connectivity index (χ2n) is 12.4. The van der Waals surface area contributed by atoms with Crippen LogP contribution in [0.4, 0.5) is 0 Å². The van der Waals surface area contributed by atoms with Crippen molar-refractivity contribution in [1.29, 1.82) is 0 Å². The van der Waals surface area contributed by atoms with Crippen molar-refractivity contribution in [3.63, 3.8) is 0 Å². The third-order valence-electron chi connectivity index (χ3n) is 9.15. The Morgan fingerprint density at radius 1 is 1.23 bits per heavy atom. The molecule has 214 valence electrons. The highest BCUT2D eigenvalue weighted by Crippen LogP contribution is 2.47. The van der Waals surface area contributed by atoms with Crippen LogP contribution < -0.4 is 0 Å². The van der Waals surface area contributed by atoms with E-state index in [0.29, 0.717) is 12.8 Å². The summed E-state index contributed by atoms with van der Waals surface area (Å²) in [7, 11) is 1.96. The van der Waals surface area contributed by atoms with Gasteiger partial charge in [0.15, 0.2) is 0 Å². The van der Waals surface area contributed by atoms with Gasteiger partial charge in [0.2, 0.25) is 0 Å². The first-order chi connectivity index (χ1) is 18.3. The molecule has 1 aromatic heterocycles. The van der Waals surface area contributed by atoms with Gasteiger partial charge in [-0.1, -0.05) is 39.3 Å². The number of aromatic nitrogens is 2. The van der Waals surface area contributed by atoms with Crippen molar-refractivity contribution in [3.05, 3.63) is 42.2 Å². The van der Waals surface area contributed by atoms with Gasteiger partial charge >= 0.3 is 5.97 Å². The molecule has 3 heterocycles. The summed E-state index contributed by atoms with van der Waals surface area (Å²) in [5.41, 5.74) is 1.03. The number of aryl methyl sites for hydroxylation is 2. The Balaban J connectivity index is 1.64. The van der Waals surface area contributed by atoms with E-state index in [-0.39, 0.29) is 29.8 Å². The highest BCUT2D eigenvalue weighted by molar-refractivity contribution is 5.88. The number of nitrogens with zero attached hydrogens (tertiary/aromatic N) is 2. The quantitative estimate of drug-likeness (QED) is 0.329. The minimum absolute atomic E-state index is 0.0824. The molecule has 2 saturated heterocycles. The molecule has 7 unspecified atom stereocenters. The number of Topliss-reactive ketones (excluding diaryl/α,β-unsaturated/α-hetero) is 1. The van der Waals surface area contributed by atoms with Crippen LogP contribution in [0.2, 0.25) is 0 Å². The Bertz CT molecular complexity index is 1240. The SMILES string of the molecule is C=CCC1C(=O)C(C)(C)C(O)CC(=O)OC(c2ccc3c(c2)nc(C)n3C)CC2OC2(C)CCCC(C)C1O. The average molecular weight is 541 g/mol. The maximum absolute atomic E-state index is 13.6. The van der Waals surface area contributed by atoms with Crippen LogP contribution in [-0.4, -0.2) is 55.4 Å². The summed E-state index contributed by atoms with van der Waals surface area (Å²) in [6.45, 7) is 13.0. The molecule has 1 aromatic carbocycles. The predicted molar refractivity (Wildman–Crippen MR) is 149 cm³/mol. The fraction of sp³-hybridized carbons (Fsp3) is 0.645. The van der Waals surface area contributed by atoms with E-state index < -0.39 is 35.6 Å². The molecular formula is C31H44N2O6. The van der Waals surface area contributed by atoms with Gasteiger partial charge in [-0.15, -0.1) is 6.58 Å². The summed E-state index contributed by atoms with van der Waals surface area (Å²) in [4.78, 5) is 31.5. The van der Waals surface area contributed by atoms with Gasteiger partial charge in [-0.3, -0.25) is 9.59 Å². The summed E-state index contributed by atoms with van der Waals surface area (Å²) in [5, 5.41) is 22.2. The molecule has 0 spiro atoms. The van der Waals surface area contributed by atoms with Gasteiger partial charge in [-0.25, -0.2) is 4.98 Å². The van der Waals surface area contributed by atoms with Crippen molar-refractivity contribution in [3.8, 4) is 0 Å². The summed E-state index contributed by atoms with van der Waals surface area (Å²) in [5.74, 6) is -0.812. The minimum Gasteiger partial charge on any atom is -0.457 e. The van der Waals surface area contributed by atoms with E-state index in [1.807, 2.05) is 43.7 Å². The first-order valence-corrected chi connectivity index (χ1v) is 14.1. The molecule has 2 aliphatic rings. The molecule has 4 rings (SSSR count). The number of esters is 1. The smallest absolute Gasteiger partial charge is 0.309 e. The number of ketones is 1. The first kappa shape index (κ1) is 29.4. The number of carbonyl (C=O) groups excluding carboxylic acids is 2. The molecular weight excluding hydrogens is 496 g/mol. The average Bonchev–Trinajstić information content (AvgIpc) is 3.42. The Hall–Kier alpha value is -2.55. The van der Waals surface area contributed by atoms with E-state index >= 15 is 0 Å². The van der Waals surface area contributed by atoms with Gasteiger partial charge < -0.3 is 24.3 Å². The number of allylic oxidation sites excluding steroid dienone is 1. The van der Waals surface area contributed by atoms with Crippen LogP contribution in [0.1, 0.15) is 83.7 Å². The largest absolute Gasteiger partial charge is 0.457 e. The second-order valence-corrected chi connectivity index (χ2v) is 12.4. The standard InChI is InChI=1S/C31H44N2O6/c1-8-10-21-28(36)18(2)11-9-14-31(6)26(39-31)16-24(38-27(35)17-25(34)30(4,5)29(21)37)20-12-13-23-22(15-20)32-19(3)33(23)7/h8,12-13,15,18,21,24-26,28,34,36H,1,9-11,14,16-17H2,2-7H3. The third-order valence-corrected chi connectivity index (χ3v) is 9.15. The van der Waals surface area contributed by atoms with Crippen LogP contribution in [0, 0.1) is 24.2 Å². The molecule has 39 heavy (non-hydrogen) atoms. The number of ether oxygens (including phenoxy) is 2. The van der Waals surface area contributed by atoms with Crippen LogP contribution in [-0.2, 0) is 26.1 Å². The summed E-state index contributed by atoms with van der Waals surface area (Å²) in [6, 6.07) is 5.88. The molecule has 0 bridgehead atoms. The normalized spacial score (nSPS) is 34.4. The molecule has 0 aliphatic carbocycles. The number of fused-ring (bicyclic) bond motifs is 2. The van der Waals surface area contributed by atoms with Crippen molar-refractivity contribution in [1.82, 2.24) is 9.55 Å². The van der Waals surface area contributed by atoms with Crippen molar-refractivity contribution >= 4 is 22.8 Å². The van der Waals surface area contributed by atoms with E-state index in [4.69, 9.17) is 9.47 Å². The van der Waals surface area contributed by atoms with Gasteiger partial charge in [-0.05, 0) is 56.7 Å². The predicted octanol–water partition coefficient (Wildman–Crippen LogP) is 4.73. The highest BCUT2D eigenvalue weighted by Gasteiger charge is 2.53. The molecule has 8 heteroatoms. The van der Waals surface area contributed by atoms with E-state index in [0.717, 1.165) is 41.7 Å². The lowest BCUT2D eigenvalue weighted by molar-refractivity contribution is -0.156. The number of epoxide rings is 1. The second kappa shape index (κ2) is 11.1. The Morgan fingerprint density at radius 2 is 1.95 bits per heavy atom. The fourth-order valence-corrected chi connectivity index (χ4v) is 5.98. The van der Waals surface area contributed by atoms with E-state index in [1.165, 1.54) is 0 Å². The summed E-state index contributed by atoms with van der Waals surface area (Å²) in [6.07, 6.45) is 1.63. The number of cyclic esters (lactones) is 1. The Kier molecular flexibility index (Phi) is 8.41.